The Bertz CT molecular complexity index is 583. The number of hydrogen-bond donors (Lipinski definition) is 1. The lowest BCUT2D eigenvalue weighted by Gasteiger charge is -2.13. The van der Waals surface area contributed by atoms with Crippen molar-refractivity contribution < 1.29 is 5.11 Å². The molecule has 2 rings (SSSR count). The van der Waals surface area contributed by atoms with Crippen LogP contribution in [0.2, 0.25) is 0 Å². The van der Waals surface area contributed by atoms with Crippen molar-refractivity contribution in [2.45, 2.75) is 52.4 Å². The van der Waals surface area contributed by atoms with Crippen LogP contribution >= 0.6 is 0 Å². The van der Waals surface area contributed by atoms with Gasteiger partial charge in [-0.25, -0.2) is 0 Å². The van der Waals surface area contributed by atoms with E-state index in [0.717, 1.165) is 24.0 Å². The van der Waals surface area contributed by atoms with Crippen molar-refractivity contribution in [3.05, 3.63) is 53.6 Å². The number of benzene rings is 2. The molecule has 0 saturated carbocycles. The molecule has 0 saturated heterocycles. The van der Waals surface area contributed by atoms with Gasteiger partial charge in [0.15, 0.2) is 0 Å². The number of rotatable bonds is 5. The lowest BCUT2D eigenvalue weighted by atomic mass is 9.93. The molecule has 2 unspecified atom stereocenters. The summed E-state index contributed by atoms with van der Waals surface area (Å²) in [7, 11) is 0. The SMILES string of the molecule is CCC(C)c1ccc(-c2ccc(C(C)CC)cc2O)cc1. The van der Waals surface area contributed by atoms with Gasteiger partial charge in [0, 0.05) is 5.56 Å². The zero-order chi connectivity index (χ0) is 15.4. The van der Waals surface area contributed by atoms with E-state index < -0.39 is 0 Å². The summed E-state index contributed by atoms with van der Waals surface area (Å²) < 4.78 is 0. The standard InChI is InChI=1S/C20H26O/c1-5-14(3)16-7-9-17(10-8-16)19-12-11-18(13-20(19)21)15(4)6-2/h7-15,21H,5-6H2,1-4H3. The minimum absolute atomic E-state index is 0.379. The zero-order valence-corrected chi connectivity index (χ0v) is 13.6. The molecule has 0 amide bonds. The molecule has 0 aliphatic carbocycles. The van der Waals surface area contributed by atoms with Crippen LogP contribution in [0.5, 0.6) is 5.75 Å². The van der Waals surface area contributed by atoms with E-state index in [1.54, 1.807) is 0 Å². The maximum atomic E-state index is 10.3. The van der Waals surface area contributed by atoms with Crippen molar-refractivity contribution in [3.8, 4) is 16.9 Å². The quantitative estimate of drug-likeness (QED) is 0.704. The Morgan fingerprint density at radius 2 is 1.33 bits per heavy atom. The number of phenols is 1. The van der Waals surface area contributed by atoms with Crippen LogP contribution in [-0.2, 0) is 0 Å². The van der Waals surface area contributed by atoms with E-state index in [1.807, 2.05) is 12.1 Å². The summed E-state index contributed by atoms with van der Waals surface area (Å²) in [6.45, 7) is 8.81. The molecule has 2 aromatic carbocycles. The molecule has 0 fully saturated rings. The fraction of sp³-hybridized carbons (Fsp3) is 0.400. The highest BCUT2D eigenvalue weighted by atomic mass is 16.3. The molecular formula is C20H26O. The molecule has 21 heavy (non-hydrogen) atoms. The molecule has 0 aromatic heterocycles. The summed E-state index contributed by atoms with van der Waals surface area (Å²) in [5.41, 5.74) is 4.56. The van der Waals surface area contributed by atoms with E-state index in [0.29, 0.717) is 17.6 Å². The predicted molar refractivity (Wildman–Crippen MR) is 91.0 cm³/mol. The number of hydrogen-bond acceptors (Lipinski definition) is 1. The molecule has 112 valence electrons. The first-order chi connectivity index (χ1) is 10.1. The van der Waals surface area contributed by atoms with Crippen molar-refractivity contribution >= 4 is 0 Å². The molecule has 0 heterocycles. The van der Waals surface area contributed by atoms with Gasteiger partial charge in [-0.15, -0.1) is 0 Å². The fourth-order valence-electron chi connectivity index (χ4n) is 2.56. The van der Waals surface area contributed by atoms with Crippen LogP contribution in [0.4, 0.5) is 0 Å². The zero-order valence-electron chi connectivity index (χ0n) is 13.6. The van der Waals surface area contributed by atoms with Crippen LogP contribution < -0.4 is 0 Å². The molecule has 0 aliphatic heterocycles. The third kappa shape index (κ3) is 3.47. The molecule has 0 aliphatic rings. The van der Waals surface area contributed by atoms with Gasteiger partial charge in [-0.2, -0.15) is 0 Å². The first-order valence-electron chi connectivity index (χ1n) is 8.00. The second-order valence-corrected chi connectivity index (χ2v) is 6.02. The monoisotopic (exact) mass is 282 g/mol. The van der Waals surface area contributed by atoms with E-state index >= 15 is 0 Å². The van der Waals surface area contributed by atoms with Gasteiger partial charge in [-0.3, -0.25) is 0 Å². The Morgan fingerprint density at radius 1 is 0.810 bits per heavy atom. The topological polar surface area (TPSA) is 20.2 Å². The molecule has 0 radical (unpaired) electrons. The van der Waals surface area contributed by atoms with Crippen molar-refractivity contribution in [2.75, 3.05) is 0 Å². The second kappa shape index (κ2) is 6.80. The van der Waals surface area contributed by atoms with E-state index in [1.165, 1.54) is 11.1 Å². The third-order valence-electron chi connectivity index (χ3n) is 4.61. The van der Waals surface area contributed by atoms with Crippen molar-refractivity contribution in [2.24, 2.45) is 0 Å². The Hall–Kier alpha value is -1.76. The largest absolute Gasteiger partial charge is 0.507 e. The predicted octanol–water partition coefficient (Wildman–Crippen LogP) is 6.09. The van der Waals surface area contributed by atoms with Crippen LogP contribution in [0.1, 0.15) is 63.5 Å². The minimum atomic E-state index is 0.379. The van der Waals surface area contributed by atoms with Gasteiger partial charge < -0.3 is 5.11 Å². The van der Waals surface area contributed by atoms with Crippen molar-refractivity contribution in [3.63, 3.8) is 0 Å². The average molecular weight is 282 g/mol. The van der Waals surface area contributed by atoms with E-state index in [-0.39, 0.29) is 0 Å². The van der Waals surface area contributed by atoms with E-state index in [2.05, 4.69) is 58.0 Å². The van der Waals surface area contributed by atoms with Crippen molar-refractivity contribution in [1.82, 2.24) is 0 Å². The van der Waals surface area contributed by atoms with Gasteiger partial charge in [0.1, 0.15) is 5.75 Å². The Labute approximate surface area is 128 Å². The smallest absolute Gasteiger partial charge is 0.123 e. The van der Waals surface area contributed by atoms with Crippen LogP contribution in [0.25, 0.3) is 11.1 Å². The van der Waals surface area contributed by atoms with Gasteiger partial charge in [-0.05, 0) is 47.4 Å². The van der Waals surface area contributed by atoms with E-state index in [9.17, 15) is 5.11 Å². The van der Waals surface area contributed by atoms with Crippen LogP contribution in [0, 0.1) is 0 Å². The third-order valence-corrected chi connectivity index (χ3v) is 4.61. The summed E-state index contributed by atoms with van der Waals surface area (Å²) in [6.07, 6.45) is 2.23. The van der Waals surface area contributed by atoms with Crippen LogP contribution in [0.15, 0.2) is 42.5 Å². The summed E-state index contributed by atoms with van der Waals surface area (Å²) in [6, 6.07) is 14.6. The molecule has 0 spiro atoms. The number of aromatic hydroxyl groups is 1. The first kappa shape index (κ1) is 15.6. The maximum absolute atomic E-state index is 10.3. The highest BCUT2D eigenvalue weighted by Gasteiger charge is 2.09. The van der Waals surface area contributed by atoms with Gasteiger partial charge >= 0.3 is 0 Å². The second-order valence-electron chi connectivity index (χ2n) is 6.02. The van der Waals surface area contributed by atoms with Crippen LogP contribution in [0.3, 0.4) is 0 Å². The summed E-state index contributed by atoms with van der Waals surface area (Å²) in [5.74, 6) is 1.45. The maximum Gasteiger partial charge on any atom is 0.123 e. The number of phenolic OH excluding ortho intramolecular Hbond substituents is 1. The molecule has 1 nitrogen and oxygen atoms in total. The van der Waals surface area contributed by atoms with Gasteiger partial charge in [0.25, 0.3) is 0 Å². The molecule has 1 N–H and O–H groups in total. The highest BCUT2D eigenvalue weighted by Crippen LogP contribution is 2.33. The average Bonchev–Trinajstić information content (AvgIpc) is 2.53. The Kier molecular flexibility index (Phi) is 5.06. The first-order valence-corrected chi connectivity index (χ1v) is 8.00. The normalized spacial score (nSPS) is 13.9. The summed E-state index contributed by atoms with van der Waals surface area (Å²) in [5, 5.41) is 10.3. The lowest BCUT2D eigenvalue weighted by Crippen LogP contribution is -1.92. The fourth-order valence-corrected chi connectivity index (χ4v) is 2.56. The highest BCUT2D eigenvalue weighted by molar-refractivity contribution is 5.70. The van der Waals surface area contributed by atoms with Crippen LogP contribution in [-0.4, -0.2) is 5.11 Å². The van der Waals surface area contributed by atoms with E-state index in [4.69, 9.17) is 0 Å². The van der Waals surface area contributed by atoms with Gasteiger partial charge in [-0.1, -0.05) is 64.1 Å². The molecular weight excluding hydrogens is 256 g/mol. The Balaban J connectivity index is 2.30. The summed E-state index contributed by atoms with van der Waals surface area (Å²) in [4.78, 5) is 0. The lowest BCUT2D eigenvalue weighted by molar-refractivity contribution is 0.475. The molecule has 2 aromatic rings. The summed E-state index contributed by atoms with van der Waals surface area (Å²) >= 11 is 0. The van der Waals surface area contributed by atoms with Gasteiger partial charge in [0.2, 0.25) is 0 Å². The molecule has 2 atom stereocenters. The van der Waals surface area contributed by atoms with Gasteiger partial charge in [0.05, 0.1) is 0 Å². The molecule has 1 heteroatoms. The van der Waals surface area contributed by atoms with Crippen molar-refractivity contribution in [1.29, 1.82) is 0 Å². The Morgan fingerprint density at radius 3 is 1.86 bits per heavy atom. The molecule has 0 bridgehead atoms. The minimum Gasteiger partial charge on any atom is -0.507 e.